The van der Waals surface area contributed by atoms with E-state index in [1.165, 1.54) is 0 Å². The Kier molecular flexibility index (Phi) is 7.75. The lowest BCUT2D eigenvalue weighted by Gasteiger charge is -2.39. The predicted molar refractivity (Wildman–Crippen MR) is 216 cm³/mol. The summed E-state index contributed by atoms with van der Waals surface area (Å²) in [5.74, 6) is -1.88. The van der Waals surface area contributed by atoms with Crippen molar-refractivity contribution in [2.75, 3.05) is 6.54 Å². The fourth-order valence-corrected chi connectivity index (χ4v) is 10.2. The Morgan fingerprint density at radius 3 is 2.12 bits per heavy atom. The number of nitrogens with one attached hydrogen (secondary N) is 2. The highest BCUT2D eigenvalue weighted by atomic mass is 19.3. The summed E-state index contributed by atoms with van der Waals surface area (Å²) in [7, 11) is 0. The van der Waals surface area contributed by atoms with E-state index in [1.807, 2.05) is 76.8 Å². The van der Waals surface area contributed by atoms with Crippen molar-refractivity contribution in [2.24, 2.45) is 10.8 Å². The number of aromatic nitrogens is 4. The molecule has 2 aromatic heterocycles. The first-order chi connectivity index (χ1) is 27.3. The van der Waals surface area contributed by atoms with E-state index < -0.39 is 17.1 Å². The Hall–Kier alpha value is -5.26. The molecule has 10 nitrogen and oxygen atoms in total. The monoisotopic (exact) mass is 788 g/mol. The van der Waals surface area contributed by atoms with Gasteiger partial charge in [0.25, 0.3) is 5.92 Å². The number of imidazole rings is 2. The number of likely N-dealkylation sites (tertiary alicyclic amines) is 2. The van der Waals surface area contributed by atoms with Crippen molar-refractivity contribution in [1.29, 1.82) is 0 Å². The normalized spacial score (nSPS) is 25.1. The van der Waals surface area contributed by atoms with Crippen LogP contribution in [-0.4, -0.2) is 65.7 Å². The van der Waals surface area contributed by atoms with Gasteiger partial charge in [0, 0.05) is 29.3 Å². The van der Waals surface area contributed by atoms with E-state index in [4.69, 9.17) is 14.5 Å². The van der Waals surface area contributed by atoms with Crippen LogP contribution in [0.2, 0.25) is 0 Å². The molecule has 1 spiro atoms. The van der Waals surface area contributed by atoms with Crippen molar-refractivity contribution in [3.8, 4) is 33.5 Å². The van der Waals surface area contributed by atoms with Gasteiger partial charge < -0.3 is 19.4 Å². The molecule has 2 amide bonds. The molecule has 58 heavy (non-hydrogen) atoms. The second-order valence-corrected chi connectivity index (χ2v) is 19.8. The van der Waals surface area contributed by atoms with Crippen LogP contribution < -0.4 is 0 Å². The van der Waals surface area contributed by atoms with Crippen LogP contribution in [0, 0.1) is 10.8 Å². The van der Waals surface area contributed by atoms with Crippen molar-refractivity contribution < 1.29 is 27.8 Å². The zero-order valence-electron chi connectivity index (χ0n) is 34.1. The fourth-order valence-electron chi connectivity index (χ4n) is 10.2. The minimum Gasteiger partial charge on any atom is -0.444 e. The number of benzene rings is 3. The number of hydrogen-bond acceptors (Lipinski definition) is 6. The van der Waals surface area contributed by atoms with Crippen LogP contribution in [0.3, 0.4) is 0 Å². The first kappa shape index (κ1) is 37.0. The molecule has 12 heteroatoms. The third-order valence-corrected chi connectivity index (χ3v) is 13.1. The largest absolute Gasteiger partial charge is 0.444 e. The molecule has 3 aromatic carbocycles. The van der Waals surface area contributed by atoms with Crippen LogP contribution in [0.25, 0.3) is 44.5 Å². The number of nitrogens with zero attached hydrogens (tertiary/aromatic N) is 4. The molecule has 5 aliphatic rings. The number of carbonyl (C=O) groups excluding carboxylic acids is 2. The number of aromatic amines is 2. The molecule has 3 unspecified atom stereocenters. The van der Waals surface area contributed by atoms with E-state index in [-0.39, 0.29) is 52.3 Å². The lowest BCUT2D eigenvalue weighted by molar-refractivity contribution is -0.000803. The third-order valence-electron chi connectivity index (χ3n) is 13.1. The second-order valence-electron chi connectivity index (χ2n) is 19.8. The predicted octanol–water partition coefficient (Wildman–Crippen LogP) is 11.1. The van der Waals surface area contributed by atoms with E-state index in [0.717, 1.165) is 55.1 Å². The van der Waals surface area contributed by atoms with Gasteiger partial charge in [-0.2, -0.15) is 8.78 Å². The lowest BCUT2D eigenvalue weighted by Crippen LogP contribution is -2.45. The average molecular weight is 789 g/mol. The SMILES string of the molecule is CC(C)(C)OC(=O)N1CC2(CC2)CC1c1ncc(-c2ccc3c(c2)C(F)(F)c2cc(-c4ccc5nc(C6N(C(=O)OC(C)(C)C)C7CC[C@]6(C)C7)[nH]c5c4)ccc2-3)[nH]1. The molecule has 4 atom stereocenters. The van der Waals surface area contributed by atoms with Crippen LogP contribution in [-0.2, 0) is 15.4 Å². The van der Waals surface area contributed by atoms with Crippen LogP contribution in [0.4, 0.5) is 18.4 Å². The summed E-state index contributed by atoms with van der Waals surface area (Å²) >= 11 is 0. The van der Waals surface area contributed by atoms with Crippen LogP contribution in [0.5, 0.6) is 0 Å². The van der Waals surface area contributed by atoms with Gasteiger partial charge in [0.05, 0.1) is 35.0 Å². The molecule has 3 aliphatic carbocycles. The maximum Gasteiger partial charge on any atom is 0.411 e. The average Bonchev–Trinajstić information content (AvgIpc) is 3.73. The quantitative estimate of drug-likeness (QED) is 0.187. The highest BCUT2D eigenvalue weighted by Gasteiger charge is 2.58. The number of amides is 2. The fraction of sp³-hybridized carbons (Fsp3) is 0.478. The molecule has 0 radical (unpaired) electrons. The zero-order chi connectivity index (χ0) is 40.7. The van der Waals surface area contributed by atoms with Crippen LogP contribution in [0.1, 0.15) is 122 Å². The number of carbonyl (C=O) groups is 2. The number of hydrogen-bond donors (Lipinski definition) is 2. The zero-order valence-corrected chi connectivity index (χ0v) is 34.1. The molecular formula is C46H50F2N6O4. The molecule has 4 fully saturated rings. The van der Waals surface area contributed by atoms with E-state index in [2.05, 4.69) is 21.9 Å². The number of fused-ring (bicyclic) bond motifs is 6. The van der Waals surface area contributed by atoms with Crippen molar-refractivity contribution in [2.45, 2.75) is 122 Å². The van der Waals surface area contributed by atoms with Crippen molar-refractivity contribution in [3.63, 3.8) is 0 Å². The first-order valence-corrected chi connectivity index (χ1v) is 20.5. The first-order valence-electron chi connectivity index (χ1n) is 20.5. The molecule has 5 aromatic rings. The smallest absolute Gasteiger partial charge is 0.411 e. The van der Waals surface area contributed by atoms with E-state index in [9.17, 15) is 9.59 Å². The van der Waals surface area contributed by atoms with Gasteiger partial charge in [-0.25, -0.2) is 19.6 Å². The molecule has 2 saturated heterocycles. The van der Waals surface area contributed by atoms with Gasteiger partial charge >= 0.3 is 12.2 Å². The Bertz CT molecular complexity index is 2520. The van der Waals surface area contributed by atoms with Gasteiger partial charge in [-0.1, -0.05) is 37.3 Å². The lowest BCUT2D eigenvalue weighted by atomic mass is 9.81. The Morgan fingerprint density at radius 1 is 0.793 bits per heavy atom. The summed E-state index contributed by atoms with van der Waals surface area (Å²) in [5.41, 5.74) is 3.85. The number of ether oxygens (including phenoxy) is 2. The second kappa shape index (κ2) is 12.1. The molecular weight excluding hydrogens is 739 g/mol. The number of piperidine rings is 1. The van der Waals surface area contributed by atoms with E-state index >= 15 is 8.78 Å². The number of halogens is 2. The molecule has 4 heterocycles. The summed E-state index contributed by atoms with van der Waals surface area (Å²) in [6.07, 6.45) is 6.73. The highest BCUT2D eigenvalue weighted by molar-refractivity contribution is 5.87. The van der Waals surface area contributed by atoms with Crippen molar-refractivity contribution in [3.05, 3.63) is 83.6 Å². The van der Waals surface area contributed by atoms with Gasteiger partial charge in [-0.3, -0.25) is 9.80 Å². The van der Waals surface area contributed by atoms with Crippen molar-refractivity contribution in [1.82, 2.24) is 29.7 Å². The van der Waals surface area contributed by atoms with E-state index in [1.54, 1.807) is 35.4 Å². The number of rotatable bonds is 4. The standard InChI is InChI=1S/C46H50F2N6O4/c1-42(2,3)57-40(55)53-24-45(16-17-45)22-36(53)38-49-23-35(52-38)27-9-12-30-29-11-8-25(18-31(29)46(47,48)32(30)19-27)26-10-13-33-34(20-26)51-39(50-33)37-44(7)15-14-28(21-44)54(37)41(56)58-43(4,5)6/h8-13,18-20,23,28,36-37H,14-17,21-22,24H2,1-7H3,(H,49,52)(H,50,51)/t28?,36?,37?,44-/m1/s1. The summed E-state index contributed by atoms with van der Waals surface area (Å²) in [5, 5.41) is 0. The molecule has 2 N–H and O–H groups in total. The number of H-pyrrole nitrogens is 2. The molecule has 2 saturated carbocycles. The van der Waals surface area contributed by atoms with Gasteiger partial charge in [0.15, 0.2) is 0 Å². The maximum atomic E-state index is 16.5. The Balaban J connectivity index is 0.917. The minimum atomic E-state index is -3.23. The maximum absolute atomic E-state index is 16.5. The van der Waals surface area contributed by atoms with E-state index in [0.29, 0.717) is 46.1 Å². The summed E-state index contributed by atoms with van der Waals surface area (Å²) < 4.78 is 44.7. The van der Waals surface area contributed by atoms with Crippen LogP contribution >= 0.6 is 0 Å². The molecule has 302 valence electrons. The van der Waals surface area contributed by atoms with Crippen molar-refractivity contribution >= 4 is 23.2 Å². The minimum absolute atomic E-state index is 0.0376. The Labute approximate surface area is 336 Å². The highest BCUT2D eigenvalue weighted by Crippen LogP contribution is 2.60. The van der Waals surface area contributed by atoms with Gasteiger partial charge in [0.2, 0.25) is 0 Å². The van der Waals surface area contributed by atoms with Gasteiger partial charge in [0.1, 0.15) is 22.9 Å². The molecule has 2 aliphatic heterocycles. The topological polar surface area (TPSA) is 116 Å². The summed E-state index contributed by atoms with van der Waals surface area (Å²) in [4.78, 5) is 46.9. The summed E-state index contributed by atoms with van der Waals surface area (Å²) in [6.45, 7) is 14.0. The summed E-state index contributed by atoms with van der Waals surface area (Å²) in [6, 6.07) is 15.8. The van der Waals surface area contributed by atoms with Gasteiger partial charge in [-0.15, -0.1) is 0 Å². The Morgan fingerprint density at radius 2 is 1.43 bits per heavy atom. The third kappa shape index (κ3) is 5.99. The number of alkyl halides is 2. The molecule has 2 bridgehead atoms. The molecule has 10 rings (SSSR count). The van der Waals surface area contributed by atoms with Gasteiger partial charge in [-0.05, 0) is 137 Å². The van der Waals surface area contributed by atoms with Crippen LogP contribution in [0.15, 0.2) is 60.8 Å².